The number of nitro benzene ring substituents is 1. The van der Waals surface area contributed by atoms with Crippen LogP contribution in [-0.2, 0) is 0 Å². The average Bonchev–Trinajstić information content (AvgIpc) is 2.37. The molecule has 1 aromatic rings. The summed E-state index contributed by atoms with van der Waals surface area (Å²) in [6, 6.07) is 4.13. The molecule has 0 saturated heterocycles. The summed E-state index contributed by atoms with van der Waals surface area (Å²) < 4.78 is 0. The van der Waals surface area contributed by atoms with Gasteiger partial charge in [0.1, 0.15) is 5.69 Å². The first-order chi connectivity index (χ1) is 8.86. The van der Waals surface area contributed by atoms with Gasteiger partial charge < -0.3 is 10.2 Å². The second kappa shape index (κ2) is 5.99. The normalized spacial score (nSPS) is 11.5. The SMILES string of the molecule is C=CC(C)Nc1cc(C(=O)N(C)C)ccc1[N+](=O)[O-]. The van der Waals surface area contributed by atoms with Crippen molar-refractivity contribution in [2.45, 2.75) is 13.0 Å². The van der Waals surface area contributed by atoms with E-state index in [1.54, 1.807) is 20.2 Å². The van der Waals surface area contributed by atoms with E-state index < -0.39 is 4.92 Å². The third-order valence-electron chi connectivity index (χ3n) is 2.58. The van der Waals surface area contributed by atoms with Crippen LogP contribution in [0.5, 0.6) is 0 Å². The van der Waals surface area contributed by atoms with Crippen LogP contribution in [0.25, 0.3) is 0 Å². The summed E-state index contributed by atoms with van der Waals surface area (Å²) in [4.78, 5) is 23.7. The number of rotatable bonds is 5. The molecule has 1 N–H and O–H groups in total. The fourth-order valence-electron chi connectivity index (χ4n) is 1.51. The third-order valence-corrected chi connectivity index (χ3v) is 2.58. The maximum atomic E-state index is 11.8. The smallest absolute Gasteiger partial charge is 0.292 e. The van der Waals surface area contributed by atoms with Gasteiger partial charge in [0.25, 0.3) is 11.6 Å². The van der Waals surface area contributed by atoms with Gasteiger partial charge in [0.05, 0.1) is 4.92 Å². The predicted molar refractivity (Wildman–Crippen MR) is 74.4 cm³/mol. The van der Waals surface area contributed by atoms with Gasteiger partial charge in [-0.15, -0.1) is 6.58 Å². The topological polar surface area (TPSA) is 75.5 Å². The fourth-order valence-corrected chi connectivity index (χ4v) is 1.51. The molecule has 0 saturated carbocycles. The molecular formula is C13H17N3O3. The summed E-state index contributed by atoms with van der Waals surface area (Å²) in [5, 5.41) is 13.9. The van der Waals surface area contributed by atoms with E-state index in [0.717, 1.165) is 0 Å². The Morgan fingerprint density at radius 3 is 2.63 bits per heavy atom. The van der Waals surface area contributed by atoms with Crippen LogP contribution >= 0.6 is 0 Å². The van der Waals surface area contributed by atoms with Crippen LogP contribution in [0, 0.1) is 10.1 Å². The predicted octanol–water partition coefficient (Wildman–Crippen LogP) is 2.28. The van der Waals surface area contributed by atoms with Crippen molar-refractivity contribution in [1.29, 1.82) is 0 Å². The Bertz CT molecular complexity index is 512. The molecule has 1 atom stereocenters. The molecule has 1 amide bonds. The van der Waals surface area contributed by atoms with Crippen molar-refractivity contribution in [3.63, 3.8) is 0 Å². The van der Waals surface area contributed by atoms with Crippen molar-refractivity contribution in [2.75, 3.05) is 19.4 Å². The minimum Gasteiger partial charge on any atom is -0.374 e. The van der Waals surface area contributed by atoms with E-state index in [-0.39, 0.29) is 17.6 Å². The number of nitro groups is 1. The van der Waals surface area contributed by atoms with Gasteiger partial charge in [-0.2, -0.15) is 0 Å². The molecule has 6 heteroatoms. The number of carbonyl (C=O) groups is 1. The number of anilines is 1. The summed E-state index contributed by atoms with van der Waals surface area (Å²) in [5.74, 6) is -0.204. The van der Waals surface area contributed by atoms with Crippen molar-refractivity contribution in [1.82, 2.24) is 4.90 Å². The number of hydrogen-bond donors (Lipinski definition) is 1. The Hall–Kier alpha value is -2.37. The maximum Gasteiger partial charge on any atom is 0.292 e. The number of amides is 1. The molecule has 0 aliphatic rings. The molecule has 19 heavy (non-hydrogen) atoms. The van der Waals surface area contributed by atoms with Gasteiger partial charge in [-0.05, 0) is 19.1 Å². The van der Waals surface area contributed by atoms with E-state index in [9.17, 15) is 14.9 Å². The Labute approximate surface area is 111 Å². The zero-order valence-corrected chi connectivity index (χ0v) is 11.2. The molecule has 0 heterocycles. The molecule has 0 aliphatic heterocycles. The summed E-state index contributed by atoms with van der Waals surface area (Å²) in [7, 11) is 3.26. The van der Waals surface area contributed by atoms with E-state index in [4.69, 9.17) is 0 Å². The maximum absolute atomic E-state index is 11.8. The van der Waals surface area contributed by atoms with Gasteiger partial charge >= 0.3 is 0 Å². The van der Waals surface area contributed by atoms with Gasteiger partial charge in [-0.25, -0.2) is 0 Å². The lowest BCUT2D eigenvalue weighted by Crippen LogP contribution is -2.22. The summed E-state index contributed by atoms with van der Waals surface area (Å²) in [6.07, 6.45) is 1.63. The van der Waals surface area contributed by atoms with Crippen molar-refractivity contribution < 1.29 is 9.72 Å². The molecule has 0 fully saturated rings. The number of nitrogens with zero attached hydrogens (tertiary/aromatic N) is 2. The molecule has 1 aromatic carbocycles. The zero-order chi connectivity index (χ0) is 14.6. The molecule has 102 valence electrons. The Morgan fingerprint density at radius 2 is 2.16 bits per heavy atom. The van der Waals surface area contributed by atoms with Crippen LogP contribution < -0.4 is 5.32 Å². The first-order valence-corrected chi connectivity index (χ1v) is 5.76. The number of nitrogens with one attached hydrogen (secondary N) is 1. The van der Waals surface area contributed by atoms with Gasteiger partial charge in [0.15, 0.2) is 0 Å². The standard InChI is InChI=1S/C13H17N3O3/c1-5-9(2)14-11-8-10(13(17)15(3)4)6-7-12(11)16(18)19/h5-9,14H,1H2,2-4H3. The van der Waals surface area contributed by atoms with Gasteiger partial charge in [0.2, 0.25) is 0 Å². The first kappa shape index (κ1) is 14.7. The molecule has 0 aliphatic carbocycles. The van der Waals surface area contributed by atoms with Gasteiger partial charge in [0, 0.05) is 31.8 Å². The second-order valence-electron chi connectivity index (χ2n) is 4.36. The van der Waals surface area contributed by atoms with Crippen LogP contribution in [-0.4, -0.2) is 35.9 Å². The molecular weight excluding hydrogens is 246 g/mol. The minimum atomic E-state index is -0.484. The van der Waals surface area contributed by atoms with Gasteiger partial charge in [-0.3, -0.25) is 14.9 Å². The lowest BCUT2D eigenvalue weighted by atomic mass is 10.1. The highest BCUT2D eigenvalue weighted by atomic mass is 16.6. The third kappa shape index (κ3) is 3.54. The molecule has 1 unspecified atom stereocenters. The van der Waals surface area contributed by atoms with Crippen LogP contribution in [0.2, 0.25) is 0 Å². The van der Waals surface area contributed by atoms with Crippen molar-refractivity contribution in [3.05, 3.63) is 46.5 Å². The lowest BCUT2D eigenvalue weighted by molar-refractivity contribution is -0.384. The molecule has 0 spiro atoms. The summed E-state index contributed by atoms with van der Waals surface area (Å²) in [6.45, 7) is 5.43. The monoisotopic (exact) mass is 263 g/mol. The van der Waals surface area contributed by atoms with Crippen LogP contribution in [0.4, 0.5) is 11.4 Å². The first-order valence-electron chi connectivity index (χ1n) is 5.76. The average molecular weight is 263 g/mol. The van der Waals surface area contributed by atoms with Crippen molar-refractivity contribution in [2.24, 2.45) is 0 Å². The molecule has 1 rings (SSSR count). The largest absolute Gasteiger partial charge is 0.374 e. The van der Waals surface area contributed by atoms with Crippen LogP contribution in [0.15, 0.2) is 30.9 Å². The number of carbonyl (C=O) groups excluding carboxylic acids is 1. The highest BCUT2D eigenvalue weighted by molar-refractivity contribution is 5.95. The summed E-state index contributed by atoms with van der Waals surface area (Å²) >= 11 is 0. The highest BCUT2D eigenvalue weighted by Gasteiger charge is 2.18. The Balaban J connectivity index is 3.21. The van der Waals surface area contributed by atoms with E-state index in [1.165, 1.54) is 23.1 Å². The van der Waals surface area contributed by atoms with Crippen LogP contribution in [0.1, 0.15) is 17.3 Å². The van der Waals surface area contributed by atoms with Gasteiger partial charge in [-0.1, -0.05) is 6.08 Å². The van der Waals surface area contributed by atoms with E-state index in [1.807, 2.05) is 6.92 Å². The molecule has 0 bridgehead atoms. The van der Waals surface area contributed by atoms with Crippen molar-refractivity contribution >= 4 is 17.3 Å². The Kier molecular flexibility index (Phi) is 4.63. The lowest BCUT2D eigenvalue weighted by Gasteiger charge is -2.14. The Morgan fingerprint density at radius 1 is 1.53 bits per heavy atom. The number of hydrogen-bond acceptors (Lipinski definition) is 4. The fraction of sp³-hybridized carbons (Fsp3) is 0.308. The second-order valence-corrected chi connectivity index (χ2v) is 4.36. The minimum absolute atomic E-state index is 0.0657. The summed E-state index contributed by atoms with van der Waals surface area (Å²) in [5.41, 5.74) is 0.642. The van der Waals surface area contributed by atoms with E-state index in [0.29, 0.717) is 11.3 Å². The van der Waals surface area contributed by atoms with Crippen molar-refractivity contribution in [3.8, 4) is 0 Å². The highest BCUT2D eigenvalue weighted by Crippen LogP contribution is 2.26. The van der Waals surface area contributed by atoms with E-state index in [2.05, 4.69) is 11.9 Å². The zero-order valence-electron chi connectivity index (χ0n) is 11.2. The van der Waals surface area contributed by atoms with E-state index >= 15 is 0 Å². The quantitative estimate of drug-likeness (QED) is 0.502. The number of benzene rings is 1. The molecule has 6 nitrogen and oxygen atoms in total. The molecule has 0 aromatic heterocycles. The van der Waals surface area contributed by atoms with Crippen LogP contribution in [0.3, 0.4) is 0 Å². The molecule has 0 radical (unpaired) electrons.